The smallest absolute Gasteiger partial charge is 0.184 e. The minimum absolute atomic E-state index is 0.0602. The van der Waals surface area contributed by atoms with Gasteiger partial charge < -0.3 is 0 Å². The van der Waals surface area contributed by atoms with Crippen molar-refractivity contribution in [2.45, 2.75) is 58.2 Å². The van der Waals surface area contributed by atoms with Crippen LogP contribution in [0, 0.1) is 4.91 Å². The van der Waals surface area contributed by atoms with E-state index in [1.807, 2.05) is 0 Å². The molecular weight excluding hydrogens is 170 g/mol. The van der Waals surface area contributed by atoms with Crippen molar-refractivity contribution in [1.82, 2.24) is 0 Å². The normalized spacial score (nSPS) is 18.7. The molecule has 1 aliphatic carbocycles. The molecule has 0 unspecified atom stereocenters. The highest BCUT2D eigenvalue weighted by Crippen LogP contribution is 2.20. The van der Waals surface area contributed by atoms with Crippen LogP contribution in [0.3, 0.4) is 0 Å². The highest BCUT2D eigenvalue weighted by molar-refractivity contribution is 4.62. The van der Waals surface area contributed by atoms with Gasteiger partial charge in [0.25, 0.3) is 0 Å². The second-order valence-electron chi connectivity index (χ2n) is 3.74. The van der Waals surface area contributed by atoms with Crippen LogP contribution < -0.4 is 0 Å². The van der Waals surface area contributed by atoms with Crippen molar-refractivity contribution in [1.29, 1.82) is 0 Å². The van der Waals surface area contributed by atoms with E-state index in [0.29, 0.717) is 0 Å². The third kappa shape index (κ3) is 4.10. The molecule has 0 N–H and O–H groups in total. The summed E-state index contributed by atoms with van der Waals surface area (Å²) in [6, 6.07) is 0. The first-order valence-corrected chi connectivity index (χ1v) is 4.99. The second-order valence-corrected chi connectivity index (χ2v) is 3.74. The summed E-state index contributed by atoms with van der Waals surface area (Å²) in [4.78, 5) is 20.9. The molecule has 0 aromatic heterocycles. The molecule has 0 heterocycles. The molecule has 4 heteroatoms. The molecular formula is C9H18NO3+. The van der Waals surface area contributed by atoms with Gasteiger partial charge in [-0.3, -0.25) is 0 Å². The van der Waals surface area contributed by atoms with Gasteiger partial charge >= 0.3 is 5.09 Å². The number of hydrogen-bond acceptors (Lipinski definition) is 3. The van der Waals surface area contributed by atoms with Crippen LogP contribution in [0.25, 0.3) is 0 Å². The van der Waals surface area contributed by atoms with E-state index in [1.54, 1.807) is 13.8 Å². The summed E-state index contributed by atoms with van der Waals surface area (Å²) in [6.45, 7) is 3.60. The van der Waals surface area contributed by atoms with E-state index in [0.717, 1.165) is 25.7 Å². The van der Waals surface area contributed by atoms with Gasteiger partial charge in [0.1, 0.15) is 4.91 Å². The first-order valence-electron chi connectivity index (χ1n) is 4.99. The van der Waals surface area contributed by atoms with Crippen molar-refractivity contribution in [3.05, 3.63) is 4.91 Å². The van der Waals surface area contributed by atoms with Crippen LogP contribution >= 0.6 is 0 Å². The molecule has 0 aliphatic heterocycles. The Morgan fingerprint density at radius 3 is 2.38 bits per heavy atom. The van der Waals surface area contributed by atoms with Gasteiger partial charge in [-0.15, -0.1) is 0 Å². The monoisotopic (exact) mass is 188 g/mol. The molecule has 0 aromatic rings. The van der Waals surface area contributed by atoms with E-state index in [9.17, 15) is 4.91 Å². The van der Waals surface area contributed by atoms with Crippen LogP contribution in [0.15, 0.2) is 0 Å². The zero-order chi connectivity index (χ0) is 9.68. The second kappa shape index (κ2) is 5.04. The van der Waals surface area contributed by atoms with Crippen molar-refractivity contribution >= 4 is 0 Å². The molecule has 0 atom stereocenters. The summed E-state index contributed by atoms with van der Waals surface area (Å²) in [7, 11) is 0. The molecule has 0 amide bonds. The van der Waals surface area contributed by atoms with Crippen molar-refractivity contribution in [3.8, 4) is 0 Å². The topological polar surface area (TPSA) is 38.5 Å². The van der Waals surface area contributed by atoms with E-state index in [2.05, 4.69) is 0 Å². The van der Waals surface area contributed by atoms with Crippen LogP contribution in [0.1, 0.15) is 46.0 Å². The fourth-order valence-corrected chi connectivity index (χ4v) is 1.49. The molecule has 76 valence electrons. The van der Waals surface area contributed by atoms with E-state index >= 15 is 0 Å². The standard InChI is InChI=1S/C9H18NO3/c1-8(2)12-10(11)13-9-6-4-3-5-7-9/h8-9H,3-7H2,1-2H3/q+1. The SMILES string of the molecule is CC(C)O[N+](=O)OC1CCCCC1. The van der Waals surface area contributed by atoms with E-state index < -0.39 is 0 Å². The van der Waals surface area contributed by atoms with Crippen molar-refractivity contribution in [2.75, 3.05) is 0 Å². The van der Waals surface area contributed by atoms with Gasteiger partial charge in [-0.05, 0) is 39.5 Å². The van der Waals surface area contributed by atoms with E-state index in [-0.39, 0.29) is 17.3 Å². The largest absolute Gasteiger partial charge is 0.478 e. The summed E-state index contributed by atoms with van der Waals surface area (Å²) in [6.07, 6.45) is 5.44. The molecule has 0 radical (unpaired) electrons. The molecule has 0 spiro atoms. The van der Waals surface area contributed by atoms with Gasteiger partial charge in [-0.1, -0.05) is 6.42 Å². The minimum atomic E-state index is -0.124. The number of hydrogen-bond donors (Lipinski definition) is 0. The lowest BCUT2D eigenvalue weighted by Crippen LogP contribution is -2.24. The zero-order valence-electron chi connectivity index (χ0n) is 8.36. The van der Waals surface area contributed by atoms with Crippen molar-refractivity contribution < 1.29 is 14.8 Å². The van der Waals surface area contributed by atoms with Crippen LogP contribution in [-0.4, -0.2) is 17.3 Å². The van der Waals surface area contributed by atoms with Crippen LogP contribution in [0.5, 0.6) is 0 Å². The third-order valence-electron chi connectivity index (χ3n) is 2.08. The first-order chi connectivity index (χ1) is 6.18. The lowest BCUT2D eigenvalue weighted by molar-refractivity contribution is -0.992. The zero-order valence-corrected chi connectivity index (χ0v) is 8.36. The number of nitrogens with zero attached hydrogens (tertiary/aromatic N) is 1. The summed E-state index contributed by atoms with van der Waals surface area (Å²) < 4.78 is 0. The minimum Gasteiger partial charge on any atom is -0.184 e. The Morgan fingerprint density at radius 1 is 1.23 bits per heavy atom. The fourth-order valence-electron chi connectivity index (χ4n) is 1.49. The molecule has 1 fully saturated rings. The predicted octanol–water partition coefficient (Wildman–Crippen LogP) is 2.37. The average Bonchev–Trinajstić information content (AvgIpc) is 2.04. The van der Waals surface area contributed by atoms with Crippen LogP contribution in [-0.2, 0) is 9.68 Å². The predicted molar refractivity (Wildman–Crippen MR) is 47.8 cm³/mol. The Balaban J connectivity index is 2.18. The molecule has 0 aromatic carbocycles. The van der Waals surface area contributed by atoms with E-state index in [1.165, 1.54) is 6.42 Å². The highest BCUT2D eigenvalue weighted by Gasteiger charge is 2.25. The maximum atomic E-state index is 11.0. The highest BCUT2D eigenvalue weighted by atomic mass is 17.0. The van der Waals surface area contributed by atoms with Gasteiger partial charge in [0, 0.05) is 0 Å². The molecule has 13 heavy (non-hydrogen) atoms. The number of rotatable bonds is 4. The van der Waals surface area contributed by atoms with Gasteiger partial charge in [-0.2, -0.15) is 9.68 Å². The Kier molecular flexibility index (Phi) is 3.99. The molecule has 4 nitrogen and oxygen atoms in total. The van der Waals surface area contributed by atoms with Gasteiger partial charge in [-0.25, -0.2) is 0 Å². The maximum absolute atomic E-state index is 11.0. The molecule has 0 bridgehead atoms. The van der Waals surface area contributed by atoms with Crippen LogP contribution in [0.2, 0.25) is 0 Å². The Labute approximate surface area is 78.7 Å². The fraction of sp³-hybridized carbons (Fsp3) is 1.00. The third-order valence-corrected chi connectivity index (χ3v) is 2.08. The molecule has 1 aliphatic rings. The van der Waals surface area contributed by atoms with Crippen LogP contribution in [0.4, 0.5) is 0 Å². The summed E-state index contributed by atoms with van der Waals surface area (Å²) in [5, 5.41) is 0.265. The first kappa shape index (κ1) is 10.3. The molecule has 0 saturated heterocycles. The summed E-state index contributed by atoms with van der Waals surface area (Å²) in [5.74, 6) is 0. The van der Waals surface area contributed by atoms with E-state index in [4.69, 9.17) is 9.68 Å². The molecule has 1 saturated carbocycles. The Hall–Kier alpha value is -0.800. The Bertz CT molecular complexity index is 164. The van der Waals surface area contributed by atoms with Gasteiger partial charge in [0.05, 0.1) is 0 Å². The summed E-state index contributed by atoms with van der Waals surface area (Å²) >= 11 is 0. The van der Waals surface area contributed by atoms with Crippen molar-refractivity contribution in [3.63, 3.8) is 0 Å². The van der Waals surface area contributed by atoms with Gasteiger partial charge in [0.15, 0.2) is 12.2 Å². The molecule has 1 rings (SSSR count). The Morgan fingerprint density at radius 2 is 1.85 bits per heavy atom. The maximum Gasteiger partial charge on any atom is 0.478 e. The van der Waals surface area contributed by atoms with Crippen molar-refractivity contribution in [2.24, 2.45) is 0 Å². The summed E-state index contributed by atoms with van der Waals surface area (Å²) in [5.41, 5.74) is 0. The lowest BCUT2D eigenvalue weighted by atomic mass is 9.98. The average molecular weight is 188 g/mol. The lowest BCUT2D eigenvalue weighted by Gasteiger charge is -2.15. The van der Waals surface area contributed by atoms with Gasteiger partial charge in [0.2, 0.25) is 0 Å². The quantitative estimate of drug-likeness (QED) is 0.636.